The number of likely N-dealkylation sites (tertiary alicyclic amines) is 1. The molecule has 194 valence electrons. The van der Waals surface area contributed by atoms with Gasteiger partial charge in [0.1, 0.15) is 12.1 Å². The van der Waals surface area contributed by atoms with Crippen LogP contribution in [0.25, 0.3) is 11.0 Å². The van der Waals surface area contributed by atoms with Gasteiger partial charge in [-0.3, -0.25) is 14.4 Å². The van der Waals surface area contributed by atoms with Crippen molar-refractivity contribution >= 4 is 40.3 Å². The highest BCUT2D eigenvalue weighted by molar-refractivity contribution is 6.13. The maximum absolute atomic E-state index is 13.5. The summed E-state index contributed by atoms with van der Waals surface area (Å²) < 4.78 is 1.68. The van der Waals surface area contributed by atoms with Gasteiger partial charge in [-0.05, 0) is 55.5 Å². The molecular weight excluding hydrogens is 472 g/mol. The van der Waals surface area contributed by atoms with Crippen LogP contribution in [-0.4, -0.2) is 74.5 Å². The number of carbonyl (C=O) groups is 3. The minimum Gasteiger partial charge on any atom is -0.383 e. The number of hydrogen-bond acceptors (Lipinski definition) is 7. The zero-order valence-electron chi connectivity index (χ0n) is 21.6. The van der Waals surface area contributed by atoms with Crippen LogP contribution in [0.15, 0.2) is 31.1 Å². The van der Waals surface area contributed by atoms with E-state index in [4.69, 9.17) is 5.73 Å². The van der Waals surface area contributed by atoms with Gasteiger partial charge >= 0.3 is 0 Å². The van der Waals surface area contributed by atoms with Crippen molar-refractivity contribution in [3.8, 4) is 0 Å². The number of nitrogen functional groups attached to an aromatic ring is 1. The van der Waals surface area contributed by atoms with E-state index >= 15 is 0 Å². The van der Waals surface area contributed by atoms with Crippen LogP contribution in [-0.2, 0) is 16.0 Å². The molecule has 0 spiro atoms. The van der Waals surface area contributed by atoms with E-state index < -0.39 is 5.91 Å². The van der Waals surface area contributed by atoms with Crippen LogP contribution in [0.2, 0.25) is 0 Å². The molecule has 0 saturated carbocycles. The molecule has 1 aromatic carbocycles. The number of anilines is 2. The smallest absolute Gasteiger partial charge is 0.277 e. The lowest BCUT2D eigenvalue weighted by atomic mass is 9.98. The van der Waals surface area contributed by atoms with Gasteiger partial charge in [0.15, 0.2) is 11.3 Å². The van der Waals surface area contributed by atoms with Gasteiger partial charge in [0, 0.05) is 32.9 Å². The number of carbonyl (C=O) groups excluding carboxylic acids is 3. The fraction of sp³-hybridized carbons (Fsp3) is 0.385. The lowest BCUT2D eigenvalue weighted by molar-refractivity contribution is -0.128. The summed E-state index contributed by atoms with van der Waals surface area (Å²) in [5, 5.41) is 7.94. The SMILES string of the molecule is C=CC(=O)N1CCCC(n2nc(C(=O)Nc3ccc(CC(=O)N(C)C)c(C)c3C)c3c(N)ncnc32)C1. The summed E-state index contributed by atoms with van der Waals surface area (Å²) in [6, 6.07) is 3.46. The van der Waals surface area contributed by atoms with E-state index in [1.807, 2.05) is 19.9 Å². The van der Waals surface area contributed by atoms with Crippen molar-refractivity contribution < 1.29 is 14.4 Å². The van der Waals surface area contributed by atoms with E-state index in [1.54, 1.807) is 34.6 Å². The molecule has 4 rings (SSSR count). The number of hydrogen-bond donors (Lipinski definition) is 2. The summed E-state index contributed by atoms with van der Waals surface area (Å²) in [6.07, 6.45) is 4.48. The van der Waals surface area contributed by atoms with Crippen molar-refractivity contribution in [3.63, 3.8) is 0 Å². The van der Waals surface area contributed by atoms with E-state index in [1.165, 1.54) is 12.4 Å². The van der Waals surface area contributed by atoms with Crippen LogP contribution in [0.1, 0.15) is 46.1 Å². The Kier molecular flexibility index (Phi) is 7.23. The number of benzene rings is 1. The molecule has 3 N–H and O–H groups in total. The second kappa shape index (κ2) is 10.4. The quantitative estimate of drug-likeness (QED) is 0.491. The summed E-state index contributed by atoms with van der Waals surface area (Å²) in [5.74, 6) is -0.431. The number of rotatable bonds is 6. The third-order valence-electron chi connectivity index (χ3n) is 6.95. The molecule has 1 atom stereocenters. The highest BCUT2D eigenvalue weighted by Crippen LogP contribution is 2.30. The molecule has 11 nitrogen and oxygen atoms in total. The monoisotopic (exact) mass is 504 g/mol. The van der Waals surface area contributed by atoms with Gasteiger partial charge in [-0.25, -0.2) is 14.6 Å². The Hall–Kier alpha value is -4.28. The summed E-state index contributed by atoms with van der Waals surface area (Å²) in [7, 11) is 3.44. The minimum atomic E-state index is -0.445. The zero-order valence-corrected chi connectivity index (χ0v) is 21.6. The number of likely N-dealkylation sites (N-methyl/N-ethyl adjacent to an activating group) is 1. The van der Waals surface area contributed by atoms with Crippen LogP contribution in [0.3, 0.4) is 0 Å². The molecule has 0 aliphatic carbocycles. The lowest BCUT2D eigenvalue weighted by Crippen LogP contribution is -2.40. The molecule has 3 amide bonds. The van der Waals surface area contributed by atoms with Gasteiger partial charge in [-0.2, -0.15) is 5.10 Å². The Morgan fingerprint density at radius 3 is 2.68 bits per heavy atom. The minimum absolute atomic E-state index is 0.00263. The zero-order chi connectivity index (χ0) is 26.9. The van der Waals surface area contributed by atoms with Crippen molar-refractivity contribution in [2.75, 3.05) is 38.2 Å². The van der Waals surface area contributed by atoms with Gasteiger partial charge in [0.2, 0.25) is 11.8 Å². The van der Waals surface area contributed by atoms with Crippen LogP contribution in [0, 0.1) is 13.8 Å². The van der Waals surface area contributed by atoms with Gasteiger partial charge in [-0.1, -0.05) is 12.6 Å². The summed E-state index contributed by atoms with van der Waals surface area (Å²) >= 11 is 0. The molecule has 0 radical (unpaired) electrons. The summed E-state index contributed by atoms with van der Waals surface area (Å²) in [6.45, 7) is 8.48. The average molecular weight is 505 g/mol. The Morgan fingerprint density at radius 2 is 1.97 bits per heavy atom. The van der Waals surface area contributed by atoms with Crippen molar-refractivity contribution in [2.24, 2.45) is 0 Å². The molecule has 3 aromatic rings. The number of fused-ring (bicyclic) bond motifs is 1. The van der Waals surface area contributed by atoms with Crippen molar-refractivity contribution in [1.82, 2.24) is 29.5 Å². The number of nitrogens with zero attached hydrogens (tertiary/aromatic N) is 6. The van der Waals surface area contributed by atoms with Crippen LogP contribution in [0.4, 0.5) is 11.5 Å². The maximum Gasteiger partial charge on any atom is 0.277 e. The predicted molar refractivity (Wildman–Crippen MR) is 141 cm³/mol. The first-order valence-electron chi connectivity index (χ1n) is 12.1. The first-order valence-corrected chi connectivity index (χ1v) is 12.1. The fourth-order valence-corrected chi connectivity index (χ4v) is 4.60. The molecular formula is C26H32N8O3. The summed E-state index contributed by atoms with van der Waals surface area (Å²) in [4.78, 5) is 49.6. The third-order valence-corrected chi connectivity index (χ3v) is 6.95. The fourth-order valence-electron chi connectivity index (χ4n) is 4.60. The molecule has 2 aromatic heterocycles. The van der Waals surface area contributed by atoms with Crippen molar-refractivity contribution in [1.29, 1.82) is 0 Å². The molecule has 1 aliphatic heterocycles. The molecule has 37 heavy (non-hydrogen) atoms. The maximum atomic E-state index is 13.5. The van der Waals surface area contributed by atoms with Gasteiger partial charge in [0.05, 0.1) is 17.8 Å². The van der Waals surface area contributed by atoms with E-state index in [0.29, 0.717) is 29.8 Å². The number of piperidine rings is 1. The second-order valence-electron chi connectivity index (χ2n) is 9.48. The van der Waals surface area contributed by atoms with Crippen LogP contribution < -0.4 is 11.1 Å². The molecule has 1 fully saturated rings. The Morgan fingerprint density at radius 1 is 1.22 bits per heavy atom. The van der Waals surface area contributed by atoms with Crippen molar-refractivity contribution in [2.45, 2.75) is 39.2 Å². The first-order chi connectivity index (χ1) is 17.6. The number of nitrogens with two attached hydrogens (primary N) is 1. The van der Waals surface area contributed by atoms with E-state index in [0.717, 1.165) is 29.5 Å². The Labute approximate surface area is 215 Å². The number of nitrogens with one attached hydrogen (secondary N) is 1. The molecule has 3 heterocycles. The average Bonchev–Trinajstić information content (AvgIpc) is 3.29. The van der Waals surface area contributed by atoms with Crippen LogP contribution >= 0.6 is 0 Å². The van der Waals surface area contributed by atoms with Gasteiger partial charge in [0.25, 0.3) is 5.91 Å². The predicted octanol–water partition coefficient (Wildman–Crippen LogP) is 2.26. The van der Waals surface area contributed by atoms with Gasteiger partial charge < -0.3 is 20.9 Å². The Balaban J connectivity index is 1.66. The normalized spacial score (nSPS) is 15.5. The largest absolute Gasteiger partial charge is 0.383 e. The van der Waals surface area contributed by atoms with Crippen LogP contribution in [0.5, 0.6) is 0 Å². The Bertz CT molecular complexity index is 1390. The van der Waals surface area contributed by atoms with Crippen molar-refractivity contribution in [3.05, 3.63) is 53.5 Å². The highest BCUT2D eigenvalue weighted by Gasteiger charge is 2.29. The molecule has 1 aliphatic rings. The molecule has 0 bridgehead atoms. The highest BCUT2D eigenvalue weighted by atomic mass is 16.2. The third kappa shape index (κ3) is 5.02. The van der Waals surface area contributed by atoms with E-state index in [-0.39, 0.29) is 35.8 Å². The number of aromatic nitrogens is 4. The van der Waals surface area contributed by atoms with Gasteiger partial charge in [-0.15, -0.1) is 0 Å². The summed E-state index contributed by atoms with van der Waals surface area (Å²) in [5.41, 5.74) is 10.0. The topological polar surface area (TPSA) is 139 Å². The van der Waals surface area contributed by atoms with E-state index in [9.17, 15) is 14.4 Å². The first kappa shape index (κ1) is 25.8. The lowest BCUT2D eigenvalue weighted by Gasteiger charge is -2.32. The molecule has 1 unspecified atom stereocenters. The molecule has 11 heteroatoms. The van der Waals surface area contributed by atoms with E-state index in [2.05, 4.69) is 27.0 Å². The molecule has 1 saturated heterocycles. The standard InChI is InChI=1S/C26H32N8O3/c1-6-20(35)33-11-7-8-18(13-33)34-25-22(24(27)28-14-29-25)23(31-34)26(37)30-19-10-9-17(15(2)16(19)3)12-21(36)32(4)5/h6,9-10,14,18H,1,7-8,11-13H2,2-5H3,(H,30,37)(H2,27,28,29). The number of amides is 3. The second-order valence-corrected chi connectivity index (χ2v) is 9.48.